The highest BCUT2D eigenvalue weighted by Crippen LogP contribution is 2.52. The minimum Gasteiger partial charge on any atom is -0.372 e. The van der Waals surface area contributed by atoms with Crippen LogP contribution in [0.4, 0.5) is 13.2 Å². The van der Waals surface area contributed by atoms with E-state index in [9.17, 15) is 21.6 Å². The first kappa shape index (κ1) is 24.7. The first-order chi connectivity index (χ1) is 16.5. The van der Waals surface area contributed by atoms with E-state index in [-0.39, 0.29) is 35.9 Å². The van der Waals surface area contributed by atoms with Gasteiger partial charge in [0.1, 0.15) is 12.2 Å². The number of aromatic nitrogens is 1. The van der Waals surface area contributed by atoms with Crippen molar-refractivity contribution in [3.63, 3.8) is 0 Å². The fourth-order valence-electron chi connectivity index (χ4n) is 5.46. The minimum atomic E-state index is -4.62. The van der Waals surface area contributed by atoms with Gasteiger partial charge in [0.05, 0.1) is 33.2 Å². The van der Waals surface area contributed by atoms with E-state index in [0.717, 1.165) is 49.8 Å². The first-order valence-electron chi connectivity index (χ1n) is 11.9. The quantitative estimate of drug-likeness (QED) is 0.647. The highest BCUT2D eigenvalue weighted by Gasteiger charge is 2.50. The molecule has 1 spiro atoms. The van der Waals surface area contributed by atoms with Crippen LogP contribution in [0.25, 0.3) is 0 Å². The lowest BCUT2D eigenvalue weighted by atomic mass is 9.70. The number of pyridine rings is 1. The van der Waals surface area contributed by atoms with Crippen molar-refractivity contribution in [2.24, 2.45) is 5.41 Å². The van der Waals surface area contributed by atoms with Crippen LogP contribution in [0.15, 0.2) is 47.4 Å². The van der Waals surface area contributed by atoms with E-state index >= 15 is 0 Å². The smallest absolute Gasteiger partial charge is 0.372 e. The third-order valence-corrected chi connectivity index (χ3v) is 10.3. The minimum absolute atomic E-state index is 0.0750. The van der Waals surface area contributed by atoms with E-state index in [1.54, 1.807) is 6.92 Å². The monoisotopic (exact) mass is 510 g/mol. The molecule has 3 atom stereocenters. The number of hydrogen-bond donors (Lipinski definition) is 1. The molecule has 3 fully saturated rings. The van der Waals surface area contributed by atoms with Gasteiger partial charge in [0, 0.05) is 12.0 Å². The van der Waals surface area contributed by atoms with Gasteiger partial charge in [-0.1, -0.05) is 12.1 Å². The fraction of sp³-hybridized carbons (Fsp3) is 0.560. The van der Waals surface area contributed by atoms with Gasteiger partial charge in [-0.3, -0.25) is 4.98 Å². The molecule has 2 aromatic rings. The summed E-state index contributed by atoms with van der Waals surface area (Å²) in [6.07, 6.45) is -3.00. The zero-order valence-corrected chi connectivity index (χ0v) is 20.3. The summed E-state index contributed by atoms with van der Waals surface area (Å²) in [7, 11) is -4.07. The summed E-state index contributed by atoms with van der Waals surface area (Å²) in [5, 5.41) is 3.38. The summed E-state index contributed by atoms with van der Waals surface area (Å²) >= 11 is 0. The van der Waals surface area contributed by atoms with E-state index in [2.05, 4.69) is 5.32 Å². The Morgan fingerprint density at radius 2 is 1.74 bits per heavy atom. The van der Waals surface area contributed by atoms with Crippen molar-refractivity contribution in [2.75, 3.05) is 26.3 Å². The molecule has 4 heterocycles. The van der Waals surface area contributed by atoms with Gasteiger partial charge >= 0.3 is 6.18 Å². The predicted molar refractivity (Wildman–Crippen MR) is 122 cm³/mol. The average molecular weight is 511 g/mol. The number of rotatable bonds is 4. The van der Waals surface area contributed by atoms with Crippen LogP contribution in [-0.2, 0) is 25.5 Å². The number of hydrogen-bond acceptors (Lipinski definition) is 6. The maximum atomic E-state index is 13.5. The second-order valence-electron chi connectivity index (χ2n) is 10.1. The largest absolute Gasteiger partial charge is 0.416 e. The average Bonchev–Trinajstić information content (AvgIpc) is 2.83. The van der Waals surface area contributed by atoms with E-state index in [1.807, 2.05) is 18.2 Å². The molecule has 3 unspecified atom stereocenters. The van der Waals surface area contributed by atoms with Gasteiger partial charge in [-0.25, -0.2) is 8.42 Å². The summed E-state index contributed by atoms with van der Waals surface area (Å²) in [5.41, 5.74) is 0.526. The van der Waals surface area contributed by atoms with Crippen LogP contribution in [0.2, 0.25) is 0 Å². The molecule has 5 rings (SSSR count). The SMILES string of the molecule is CC1(S(=O)(=O)c2cccc(C(F)(F)F)c2)CCOC(c2cccc(C3OCC34CCNCC4)n2)C1. The van der Waals surface area contributed by atoms with Gasteiger partial charge in [0.2, 0.25) is 0 Å². The van der Waals surface area contributed by atoms with Gasteiger partial charge in [0.25, 0.3) is 0 Å². The topological polar surface area (TPSA) is 77.5 Å². The van der Waals surface area contributed by atoms with Crippen LogP contribution in [0, 0.1) is 5.41 Å². The predicted octanol–water partition coefficient (Wildman–Crippen LogP) is 4.63. The number of alkyl halides is 3. The second kappa shape index (κ2) is 8.83. The van der Waals surface area contributed by atoms with Crippen molar-refractivity contribution < 1.29 is 31.1 Å². The number of piperidine rings is 1. The molecule has 6 nitrogen and oxygen atoms in total. The maximum absolute atomic E-state index is 13.5. The molecule has 0 radical (unpaired) electrons. The van der Waals surface area contributed by atoms with E-state index < -0.39 is 32.4 Å². The fourth-order valence-corrected chi connectivity index (χ4v) is 7.29. The molecule has 10 heteroatoms. The van der Waals surface area contributed by atoms with Gasteiger partial charge < -0.3 is 14.8 Å². The van der Waals surface area contributed by atoms with Gasteiger partial charge in [0.15, 0.2) is 9.84 Å². The van der Waals surface area contributed by atoms with Crippen LogP contribution in [-0.4, -0.2) is 44.5 Å². The molecule has 1 N–H and O–H groups in total. The molecule has 1 aromatic carbocycles. The second-order valence-corrected chi connectivity index (χ2v) is 12.5. The standard InChI is InChI=1S/C25H29F3N2O4S/c1-23(35(31,32)18-5-2-4-17(14-18)25(26,27)28)10-13-33-21(15-23)19-6-3-7-20(30-19)22-24(16-34-22)8-11-29-12-9-24/h2-7,14,21-22,29H,8-13,15-16H2,1H3. The number of sulfone groups is 1. The van der Waals surface area contributed by atoms with Crippen LogP contribution >= 0.6 is 0 Å². The molecule has 0 bridgehead atoms. The molecule has 3 aliphatic rings. The number of ether oxygens (including phenoxy) is 2. The molecular formula is C25H29F3N2O4S. The third-order valence-electron chi connectivity index (χ3n) is 7.77. The summed E-state index contributed by atoms with van der Waals surface area (Å²) in [6.45, 7) is 4.34. The summed E-state index contributed by atoms with van der Waals surface area (Å²) in [5.74, 6) is 0. The molecule has 0 saturated carbocycles. The third kappa shape index (κ3) is 4.39. The zero-order chi connectivity index (χ0) is 24.9. The lowest BCUT2D eigenvalue weighted by Gasteiger charge is -2.51. The normalized spacial score (nSPS) is 29.0. The molecule has 0 amide bonds. The Morgan fingerprint density at radius 3 is 2.43 bits per heavy atom. The zero-order valence-electron chi connectivity index (χ0n) is 19.5. The number of nitrogens with one attached hydrogen (secondary N) is 1. The van der Waals surface area contributed by atoms with Crippen molar-refractivity contribution in [2.45, 2.75) is 60.6 Å². The van der Waals surface area contributed by atoms with Crippen molar-refractivity contribution in [3.05, 3.63) is 59.4 Å². The van der Waals surface area contributed by atoms with Crippen molar-refractivity contribution >= 4 is 9.84 Å². The van der Waals surface area contributed by atoms with Crippen LogP contribution in [0.5, 0.6) is 0 Å². The molecule has 1 aromatic heterocycles. The lowest BCUT2D eigenvalue weighted by Crippen LogP contribution is -2.52. The summed E-state index contributed by atoms with van der Waals surface area (Å²) in [6, 6.07) is 9.58. The molecule has 190 valence electrons. The maximum Gasteiger partial charge on any atom is 0.416 e. The van der Waals surface area contributed by atoms with E-state index in [0.29, 0.717) is 12.3 Å². The lowest BCUT2D eigenvalue weighted by molar-refractivity contribution is -0.205. The van der Waals surface area contributed by atoms with E-state index in [1.165, 1.54) is 6.07 Å². The van der Waals surface area contributed by atoms with Gasteiger partial charge in [-0.2, -0.15) is 13.2 Å². The number of halogens is 3. The number of benzene rings is 1. The Morgan fingerprint density at radius 1 is 1.03 bits per heavy atom. The Labute approximate surface area is 203 Å². The summed E-state index contributed by atoms with van der Waals surface area (Å²) < 4.78 is 77.3. The van der Waals surface area contributed by atoms with Gasteiger partial charge in [-0.15, -0.1) is 0 Å². The Hall–Kier alpha value is -2.01. The van der Waals surface area contributed by atoms with Crippen LogP contribution in [0.1, 0.15) is 61.8 Å². The highest BCUT2D eigenvalue weighted by molar-refractivity contribution is 7.92. The molecule has 35 heavy (non-hydrogen) atoms. The van der Waals surface area contributed by atoms with E-state index in [4.69, 9.17) is 14.5 Å². The molecule has 3 aliphatic heterocycles. The van der Waals surface area contributed by atoms with Crippen molar-refractivity contribution in [1.29, 1.82) is 0 Å². The Kier molecular flexibility index (Phi) is 6.22. The summed E-state index contributed by atoms with van der Waals surface area (Å²) in [4.78, 5) is 4.49. The van der Waals surface area contributed by atoms with Crippen LogP contribution < -0.4 is 5.32 Å². The van der Waals surface area contributed by atoms with Gasteiger partial charge in [-0.05, 0) is 76.0 Å². The first-order valence-corrected chi connectivity index (χ1v) is 13.4. The molecular weight excluding hydrogens is 481 g/mol. The highest BCUT2D eigenvalue weighted by atomic mass is 32.2. The Balaban J connectivity index is 1.40. The van der Waals surface area contributed by atoms with Crippen molar-refractivity contribution in [1.82, 2.24) is 10.3 Å². The van der Waals surface area contributed by atoms with Crippen molar-refractivity contribution in [3.8, 4) is 0 Å². The Bertz CT molecular complexity index is 1200. The molecule has 3 saturated heterocycles. The van der Waals surface area contributed by atoms with Crippen LogP contribution in [0.3, 0.4) is 0 Å². The number of nitrogens with zero attached hydrogens (tertiary/aromatic N) is 1. The molecule has 0 aliphatic carbocycles.